The zero-order chi connectivity index (χ0) is 26.3. The second kappa shape index (κ2) is 9.77. The number of pyridine rings is 1. The average molecular weight is 512 g/mol. The van der Waals surface area contributed by atoms with Crippen LogP contribution in [0.25, 0.3) is 11.1 Å². The second-order valence-electron chi connectivity index (χ2n) is 9.85. The lowest BCUT2D eigenvalue weighted by molar-refractivity contribution is -0.155. The number of anilines is 1. The molecule has 0 radical (unpaired) electrons. The number of carbonyl (C=O) groups is 1. The van der Waals surface area contributed by atoms with E-state index in [1.54, 1.807) is 41.4 Å². The smallest absolute Gasteiger partial charge is 0.321 e. The molecular formula is C27H28F3N5O2. The zero-order valence-corrected chi connectivity index (χ0v) is 20.3. The molecule has 0 saturated carbocycles. The van der Waals surface area contributed by atoms with Crippen LogP contribution in [0, 0.1) is 29.3 Å². The fraction of sp³-hybridized carbons (Fsp3) is 0.333. The number of nitrogens with one attached hydrogen (secondary N) is 1. The summed E-state index contributed by atoms with van der Waals surface area (Å²) < 4.78 is 41.9. The van der Waals surface area contributed by atoms with Gasteiger partial charge in [-0.1, -0.05) is 24.3 Å². The molecule has 7 nitrogen and oxygen atoms in total. The third-order valence-electron chi connectivity index (χ3n) is 7.37. The second-order valence-corrected chi connectivity index (χ2v) is 9.85. The number of amides is 2. The van der Waals surface area contributed by atoms with E-state index in [4.69, 9.17) is 5.73 Å². The SMILES string of the molecule is CN1CC2CN(C(=O)Nc3cc(F)cc(F)c3)CC(C1)C2(O)c1ccc(-c2cccc(CN)c2F)cn1. The number of benzene rings is 2. The van der Waals surface area contributed by atoms with Gasteiger partial charge in [-0.15, -0.1) is 0 Å². The van der Waals surface area contributed by atoms with Crippen LogP contribution in [0.4, 0.5) is 23.7 Å². The Labute approximate surface area is 212 Å². The van der Waals surface area contributed by atoms with Crippen LogP contribution in [0.15, 0.2) is 54.7 Å². The first-order valence-electron chi connectivity index (χ1n) is 12.1. The minimum absolute atomic E-state index is 0.0220. The van der Waals surface area contributed by atoms with E-state index in [2.05, 4.69) is 15.2 Å². The van der Waals surface area contributed by atoms with Crippen molar-refractivity contribution in [1.82, 2.24) is 14.8 Å². The lowest BCUT2D eigenvalue weighted by atomic mass is 9.68. The molecule has 3 heterocycles. The first-order valence-corrected chi connectivity index (χ1v) is 12.1. The molecule has 2 aromatic carbocycles. The van der Waals surface area contributed by atoms with Gasteiger partial charge in [-0.05, 0) is 25.2 Å². The van der Waals surface area contributed by atoms with Crippen LogP contribution in [0.2, 0.25) is 0 Å². The van der Waals surface area contributed by atoms with Crippen molar-refractivity contribution < 1.29 is 23.1 Å². The summed E-state index contributed by atoms with van der Waals surface area (Å²) in [5.74, 6) is -2.70. The van der Waals surface area contributed by atoms with Crippen LogP contribution in [0.5, 0.6) is 0 Å². The average Bonchev–Trinajstić information content (AvgIpc) is 2.84. The van der Waals surface area contributed by atoms with Gasteiger partial charge in [0.1, 0.15) is 23.1 Å². The molecule has 3 aromatic rings. The number of fused-ring (bicyclic) bond motifs is 2. The van der Waals surface area contributed by atoms with Gasteiger partial charge in [0.15, 0.2) is 0 Å². The van der Waals surface area contributed by atoms with Gasteiger partial charge < -0.3 is 26.0 Å². The number of nitrogens with zero attached hydrogens (tertiary/aromatic N) is 3. The molecule has 0 aliphatic carbocycles. The minimum atomic E-state index is -1.30. The summed E-state index contributed by atoms with van der Waals surface area (Å²) in [7, 11) is 1.95. The third kappa shape index (κ3) is 4.68. The summed E-state index contributed by atoms with van der Waals surface area (Å²) in [5, 5.41) is 14.5. The maximum absolute atomic E-state index is 14.8. The van der Waals surface area contributed by atoms with E-state index >= 15 is 0 Å². The van der Waals surface area contributed by atoms with Crippen LogP contribution in [-0.2, 0) is 12.1 Å². The predicted molar refractivity (Wildman–Crippen MR) is 133 cm³/mol. The number of aromatic nitrogens is 1. The van der Waals surface area contributed by atoms with E-state index in [-0.39, 0.29) is 37.2 Å². The number of hydrogen-bond donors (Lipinski definition) is 3. The van der Waals surface area contributed by atoms with Gasteiger partial charge in [0.05, 0.1) is 5.69 Å². The highest BCUT2D eigenvalue weighted by atomic mass is 19.1. The van der Waals surface area contributed by atoms with E-state index in [0.29, 0.717) is 35.5 Å². The van der Waals surface area contributed by atoms with Crippen molar-refractivity contribution in [3.8, 4) is 11.1 Å². The molecule has 10 heteroatoms. The molecule has 37 heavy (non-hydrogen) atoms. The van der Waals surface area contributed by atoms with Crippen molar-refractivity contribution in [2.75, 3.05) is 38.5 Å². The van der Waals surface area contributed by atoms with Gasteiger partial charge in [-0.2, -0.15) is 0 Å². The fourth-order valence-electron chi connectivity index (χ4n) is 5.60. The van der Waals surface area contributed by atoms with E-state index in [1.807, 2.05) is 7.05 Å². The maximum atomic E-state index is 14.8. The third-order valence-corrected chi connectivity index (χ3v) is 7.37. The molecule has 2 fully saturated rings. The van der Waals surface area contributed by atoms with Crippen molar-refractivity contribution >= 4 is 11.7 Å². The molecule has 2 saturated heterocycles. The summed E-state index contributed by atoms with van der Waals surface area (Å²) in [6.45, 7) is 1.55. The molecule has 4 N–H and O–H groups in total. The van der Waals surface area contributed by atoms with Crippen molar-refractivity contribution in [1.29, 1.82) is 0 Å². The molecule has 2 unspecified atom stereocenters. The molecule has 2 aliphatic heterocycles. The number of halogens is 3. The van der Waals surface area contributed by atoms with Crippen molar-refractivity contribution in [3.05, 3.63) is 83.4 Å². The van der Waals surface area contributed by atoms with Gasteiger partial charge in [-0.25, -0.2) is 18.0 Å². The lowest BCUT2D eigenvalue weighted by Gasteiger charge is -2.54. The Kier molecular flexibility index (Phi) is 6.65. The van der Waals surface area contributed by atoms with E-state index in [0.717, 1.165) is 18.2 Å². The largest absolute Gasteiger partial charge is 0.383 e. The van der Waals surface area contributed by atoms with Crippen molar-refractivity contribution in [2.45, 2.75) is 12.1 Å². The van der Waals surface area contributed by atoms with E-state index in [9.17, 15) is 23.1 Å². The molecule has 1 aromatic heterocycles. The Bertz CT molecular complexity index is 1280. The molecular weight excluding hydrogens is 483 g/mol. The minimum Gasteiger partial charge on any atom is -0.383 e. The topological polar surface area (TPSA) is 94.7 Å². The normalized spacial score (nSPS) is 23.7. The first-order chi connectivity index (χ1) is 17.7. The van der Waals surface area contributed by atoms with Crippen LogP contribution in [0.3, 0.4) is 0 Å². The number of carbonyl (C=O) groups excluding carboxylic acids is 1. The van der Waals surface area contributed by atoms with E-state index < -0.39 is 29.1 Å². The van der Waals surface area contributed by atoms with Crippen LogP contribution >= 0.6 is 0 Å². The van der Waals surface area contributed by atoms with Crippen LogP contribution < -0.4 is 11.1 Å². The van der Waals surface area contributed by atoms with Gasteiger partial charge >= 0.3 is 6.03 Å². The first kappa shape index (κ1) is 25.2. The molecule has 2 amide bonds. The number of nitrogens with two attached hydrogens (primary N) is 1. The Morgan fingerprint density at radius 2 is 1.76 bits per heavy atom. The number of piperidine rings is 2. The summed E-state index contributed by atoms with van der Waals surface area (Å²) in [5.41, 5.74) is 6.17. The zero-order valence-electron chi connectivity index (χ0n) is 20.3. The van der Waals surface area contributed by atoms with Crippen LogP contribution in [-0.4, -0.2) is 59.1 Å². The Morgan fingerprint density at radius 1 is 1.08 bits per heavy atom. The Morgan fingerprint density at radius 3 is 2.35 bits per heavy atom. The fourth-order valence-corrected chi connectivity index (χ4v) is 5.60. The quantitative estimate of drug-likeness (QED) is 0.498. The number of hydrogen-bond acceptors (Lipinski definition) is 5. The standard InChI is InChI=1S/C27H28F3N5O2/c1-34-12-18-14-35(26(36)33-22-8-20(28)7-21(29)9-22)15-19(13-34)27(18,37)24-6-5-17(11-32-24)23-4-2-3-16(10-31)25(23)30/h2-9,11,18-19,37H,10,12-15,31H2,1H3,(H,33,36). The lowest BCUT2D eigenvalue weighted by Crippen LogP contribution is -2.66. The van der Waals surface area contributed by atoms with Crippen LogP contribution in [0.1, 0.15) is 11.3 Å². The summed E-state index contributed by atoms with van der Waals surface area (Å²) in [4.78, 5) is 21.2. The molecule has 2 atom stereocenters. The highest BCUT2D eigenvalue weighted by Crippen LogP contribution is 2.44. The molecule has 2 bridgehead atoms. The number of aliphatic hydroxyl groups is 1. The predicted octanol–water partition coefficient (Wildman–Crippen LogP) is 3.54. The summed E-state index contributed by atoms with van der Waals surface area (Å²) >= 11 is 0. The van der Waals surface area contributed by atoms with E-state index in [1.165, 1.54) is 0 Å². The van der Waals surface area contributed by atoms with Gasteiger partial charge in [-0.3, -0.25) is 4.98 Å². The van der Waals surface area contributed by atoms with Gasteiger partial charge in [0.25, 0.3) is 0 Å². The highest BCUT2D eigenvalue weighted by molar-refractivity contribution is 5.89. The summed E-state index contributed by atoms with van der Waals surface area (Å²) in [6.07, 6.45) is 1.54. The van der Waals surface area contributed by atoms with Gasteiger partial charge in [0, 0.05) is 79.2 Å². The Hall–Kier alpha value is -3.47. The number of urea groups is 1. The van der Waals surface area contributed by atoms with Gasteiger partial charge in [0.2, 0.25) is 0 Å². The summed E-state index contributed by atoms with van der Waals surface area (Å²) in [6, 6.07) is 10.8. The molecule has 5 rings (SSSR count). The molecule has 194 valence electrons. The number of rotatable bonds is 4. The molecule has 2 aliphatic rings. The highest BCUT2D eigenvalue weighted by Gasteiger charge is 2.54. The van der Waals surface area contributed by atoms with Crippen molar-refractivity contribution in [3.63, 3.8) is 0 Å². The maximum Gasteiger partial charge on any atom is 0.321 e. The Balaban J connectivity index is 1.39. The number of likely N-dealkylation sites (tertiary alicyclic amines) is 2. The molecule has 0 spiro atoms. The van der Waals surface area contributed by atoms with Crippen molar-refractivity contribution in [2.24, 2.45) is 17.6 Å². The monoisotopic (exact) mass is 511 g/mol.